The summed E-state index contributed by atoms with van der Waals surface area (Å²) in [6.45, 7) is 13.8. The maximum Gasteiger partial charge on any atom is 0.341 e. The molecular weight excluding hydrogens is 360 g/mol. The second-order valence-electron chi connectivity index (χ2n) is 5.28. The first-order valence-corrected chi connectivity index (χ1v) is 8.48. The van der Waals surface area contributed by atoms with Crippen molar-refractivity contribution < 1.29 is 28.7 Å². The average molecular weight is 384 g/mol. The standard InChI is InChI=1S/C14H16O6.C8H8/c1-5-9(3)13(17)19-11(15)7-8-12(16)20-14(18)10(4)6-2;1-2-8-6-4-3-5-7-8/h7-8H,3-6H2,1-2H3;2-7H,1H2/b8-7-;. The summed E-state index contributed by atoms with van der Waals surface area (Å²) in [6, 6.07) is 10.0. The van der Waals surface area contributed by atoms with E-state index in [4.69, 9.17) is 0 Å². The average Bonchev–Trinajstić information content (AvgIpc) is 2.71. The van der Waals surface area contributed by atoms with Crippen LogP contribution in [0, 0.1) is 0 Å². The Balaban J connectivity index is 0.000000749. The Labute approximate surface area is 164 Å². The third-order valence-corrected chi connectivity index (χ3v) is 3.21. The molecule has 0 aliphatic heterocycles. The van der Waals surface area contributed by atoms with E-state index in [1.54, 1.807) is 13.8 Å². The molecule has 0 unspecified atom stereocenters. The van der Waals surface area contributed by atoms with Crippen LogP contribution in [0.4, 0.5) is 0 Å². The molecule has 0 saturated heterocycles. The lowest BCUT2D eigenvalue weighted by Crippen LogP contribution is -2.14. The monoisotopic (exact) mass is 384 g/mol. The Bertz CT molecular complexity index is 727. The van der Waals surface area contributed by atoms with Gasteiger partial charge >= 0.3 is 23.9 Å². The molecule has 28 heavy (non-hydrogen) atoms. The van der Waals surface area contributed by atoms with Gasteiger partial charge in [0, 0.05) is 23.3 Å². The van der Waals surface area contributed by atoms with Crippen LogP contribution in [0.1, 0.15) is 32.3 Å². The Hall–Kier alpha value is -3.54. The van der Waals surface area contributed by atoms with E-state index in [0.29, 0.717) is 25.0 Å². The van der Waals surface area contributed by atoms with E-state index in [0.717, 1.165) is 0 Å². The molecule has 0 N–H and O–H groups in total. The molecule has 0 aliphatic carbocycles. The minimum atomic E-state index is -1.05. The van der Waals surface area contributed by atoms with Crippen LogP contribution < -0.4 is 0 Å². The van der Waals surface area contributed by atoms with E-state index in [9.17, 15) is 19.2 Å². The first kappa shape index (κ1) is 24.5. The molecule has 0 atom stereocenters. The molecule has 148 valence electrons. The molecule has 1 rings (SSSR count). The summed E-state index contributed by atoms with van der Waals surface area (Å²) in [4.78, 5) is 44.7. The van der Waals surface area contributed by atoms with E-state index >= 15 is 0 Å². The lowest BCUT2D eigenvalue weighted by atomic mass is 10.2. The smallest absolute Gasteiger partial charge is 0.341 e. The first-order valence-electron chi connectivity index (χ1n) is 8.48. The Kier molecular flexibility index (Phi) is 11.9. The number of ether oxygens (including phenoxy) is 2. The maximum atomic E-state index is 11.2. The van der Waals surface area contributed by atoms with Crippen LogP contribution in [-0.4, -0.2) is 23.9 Å². The van der Waals surface area contributed by atoms with Crippen LogP contribution in [0.25, 0.3) is 6.08 Å². The lowest BCUT2D eigenvalue weighted by Gasteiger charge is -2.01. The number of carbonyl (C=O) groups excluding carboxylic acids is 4. The third-order valence-electron chi connectivity index (χ3n) is 3.21. The van der Waals surface area contributed by atoms with Gasteiger partial charge in [0.25, 0.3) is 0 Å². The van der Waals surface area contributed by atoms with Crippen LogP contribution in [-0.2, 0) is 28.7 Å². The normalized spacial score (nSPS) is 9.50. The molecule has 0 aliphatic rings. The van der Waals surface area contributed by atoms with Crippen molar-refractivity contribution in [1.82, 2.24) is 0 Å². The minimum absolute atomic E-state index is 0.128. The lowest BCUT2D eigenvalue weighted by molar-refractivity contribution is -0.156. The van der Waals surface area contributed by atoms with Crippen molar-refractivity contribution >= 4 is 30.0 Å². The zero-order valence-electron chi connectivity index (χ0n) is 16.1. The molecule has 6 nitrogen and oxygen atoms in total. The van der Waals surface area contributed by atoms with Crippen LogP contribution in [0.15, 0.2) is 73.4 Å². The Morgan fingerprint density at radius 1 is 0.821 bits per heavy atom. The van der Waals surface area contributed by atoms with Gasteiger partial charge in [-0.05, 0) is 18.4 Å². The highest BCUT2D eigenvalue weighted by molar-refractivity contribution is 6.03. The van der Waals surface area contributed by atoms with Gasteiger partial charge in [0.05, 0.1) is 0 Å². The SMILES string of the molecule is C=C(CC)C(=O)OC(=O)/C=C\C(=O)OC(=O)C(=C)CC.C=Cc1ccccc1. The van der Waals surface area contributed by atoms with Crippen LogP contribution in [0.3, 0.4) is 0 Å². The van der Waals surface area contributed by atoms with Gasteiger partial charge in [-0.15, -0.1) is 0 Å². The summed E-state index contributed by atoms with van der Waals surface area (Å²) in [7, 11) is 0. The van der Waals surface area contributed by atoms with Crippen molar-refractivity contribution in [3.8, 4) is 0 Å². The van der Waals surface area contributed by atoms with Gasteiger partial charge in [0.2, 0.25) is 0 Å². The fraction of sp³-hybridized carbons (Fsp3) is 0.182. The molecular formula is C22H24O6. The molecule has 1 aromatic rings. The van der Waals surface area contributed by atoms with Crippen molar-refractivity contribution in [3.05, 3.63) is 78.9 Å². The van der Waals surface area contributed by atoms with E-state index < -0.39 is 23.9 Å². The van der Waals surface area contributed by atoms with Gasteiger partial charge in [0.1, 0.15) is 0 Å². The number of esters is 4. The maximum absolute atomic E-state index is 11.2. The predicted octanol–water partition coefficient (Wildman–Crippen LogP) is 3.94. The Morgan fingerprint density at radius 3 is 1.50 bits per heavy atom. The van der Waals surface area contributed by atoms with Gasteiger partial charge in [0.15, 0.2) is 0 Å². The van der Waals surface area contributed by atoms with Crippen molar-refractivity contribution in [2.45, 2.75) is 26.7 Å². The van der Waals surface area contributed by atoms with Gasteiger partial charge in [-0.1, -0.05) is 70.0 Å². The van der Waals surface area contributed by atoms with Crippen molar-refractivity contribution in [2.75, 3.05) is 0 Å². The second kappa shape index (κ2) is 13.6. The zero-order valence-corrected chi connectivity index (χ0v) is 16.1. The number of hydrogen-bond donors (Lipinski definition) is 0. The highest BCUT2D eigenvalue weighted by Gasteiger charge is 2.13. The molecule has 0 aromatic heterocycles. The van der Waals surface area contributed by atoms with Gasteiger partial charge in [-0.2, -0.15) is 0 Å². The van der Waals surface area contributed by atoms with Crippen molar-refractivity contribution in [2.24, 2.45) is 0 Å². The zero-order chi connectivity index (χ0) is 21.5. The van der Waals surface area contributed by atoms with Crippen molar-refractivity contribution in [3.63, 3.8) is 0 Å². The fourth-order valence-electron chi connectivity index (χ4n) is 1.41. The minimum Gasteiger partial charge on any atom is -0.386 e. The van der Waals surface area contributed by atoms with E-state index in [1.807, 2.05) is 36.4 Å². The van der Waals surface area contributed by atoms with Crippen LogP contribution in [0.2, 0.25) is 0 Å². The number of carbonyl (C=O) groups is 4. The predicted molar refractivity (Wildman–Crippen MR) is 107 cm³/mol. The summed E-state index contributed by atoms with van der Waals surface area (Å²) in [5.74, 6) is -3.84. The fourth-order valence-corrected chi connectivity index (χ4v) is 1.41. The topological polar surface area (TPSA) is 86.7 Å². The molecule has 1 aromatic carbocycles. The van der Waals surface area contributed by atoms with Gasteiger partial charge in [-0.25, -0.2) is 19.2 Å². The summed E-state index contributed by atoms with van der Waals surface area (Å²) >= 11 is 0. The number of rotatable bonds is 7. The van der Waals surface area contributed by atoms with E-state index in [-0.39, 0.29) is 11.1 Å². The first-order chi connectivity index (χ1) is 13.2. The largest absolute Gasteiger partial charge is 0.386 e. The molecule has 0 amide bonds. The molecule has 0 heterocycles. The van der Waals surface area contributed by atoms with Crippen LogP contribution >= 0.6 is 0 Å². The van der Waals surface area contributed by atoms with Gasteiger partial charge < -0.3 is 9.47 Å². The number of hydrogen-bond acceptors (Lipinski definition) is 6. The quantitative estimate of drug-likeness (QED) is 0.402. The van der Waals surface area contributed by atoms with Gasteiger partial charge in [-0.3, -0.25) is 0 Å². The summed E-state index contributed by atoms with van der Waals surface area (Å²) in [5, 5.41) is 0. The molecule has 0 fully saturated rings. The van der Waals surface area contributed by atoms with Crippen LogP contribution in [0.5, 0.6) is 0 Å². The van der Waals surface area contributed by atoms with E-state index in [1.165, 1.54) is 5.56 Å². The summed E-state index contributed by atoms with van der Waals surface area (Å²) in [6.07, 6.45) is 3.88. The molecule has 6 heteroatoms. The third kappa shape index (κ3) is 10.5. The summed E-state index contributed by atoms with van der Waals surface area (Å²) in [5.41, 5.74) is 1.43. The molecule has 0 bridgehead atoms. The molecule has 0 spiro atoms. The number of benzene rings is 1. The second-order valence-corrected chi connectivity index (χ2v) is 5.28. The highest BCUT2D eigenvalue weighted by Crippen LogP contribution is 2.02. The summed E-state index contributed by atoms with van der Waals surface area (Å²) < 4.78 is 8.71. The molecule has 0 saturated carbocycles. The van der Waals surface area contributed by atoms with Crippen molar-refractivity contribution in [1.29, 1.82) is 0 Å². The Morgan fingerprint density at radius 2 is 1.21 bits per heavy atom. The highest BCUT2D eigenvalue weighted by atomic mass is 16.6. The van der Waals surface area contributed by atoms with E-state index in [2.05, 4.69) is 29.2 Å². The molecule has 0 radical (unpaired) electrons.